The largest absolute Gasteiger partial charge is 0.397 e. The lowest BCUT2D eigenvalue weighted by molar-refractivity contribution is 0.0769. The van der Waals surface area contributed by atoms with Crippen molar-refractivity contribution in [2.24, 2.45) is 0 Å². The molecule has 0 bridgehead atoms. The van der Waals surface area contributed by atoms with Gasteiger partial charge in [-0.15, -0.1) is 0 Å². The van der Waals surface area contributed by atoms with Crippen molar-refractivity contribution in [1.29, 1.82) is 0 Å². The Balaban J connectivity index is 2.14. The van der Waals surface area contributed by atoms with Crippen molar-refractivity contribution in [2.75, 3.05) is 30.3 Å². The summed E-state index contributed by atoms with van der Waals surface area (Å²) in [5, 5.41) is 0. The van der Waals surface area contributed by atoms with Crippen LogP contribution in [0.2, 0.25) is 0 Å². The number of rotatable bonds is 1. The van der Waals surface area contributed by atoms with E-state index in [1.807, 2.05) is 16.7 Å². The van der Waals surface area contributed by atoms with Gasteiger partial charge in [-0.25, -0.2) is 0 Å². The lowest BCUT2D eigenvalue weighted by Gasteiger charge is -2.20. The molecule has 0 aromatic carbocycles. The molecule has 1 aromatic heterocycles. The Morgan fingerprint density at radius 1 is 1.44 bits per heavy atom. The van der Waals surface area contributed by atoms with Crippen LogP contribution in [0.5, 0.6) is 0 Å². The summed E-state index contributed by atoms with van der Waals surface area (Å²) in [7, 11) is 0. The molecule has 16 heavy (non-hydrogen) atoms. The molecule has 2 N–H and O–H groups in total. The first-order valence-electron chi connectivity index (χ1n) is 5.35. The Kier molecular flexibility index (Phi) is 3.66. The number of nitrogen functional groups attached to an aromatic ring is 1. The second-order valence-corrected chi connectivity index (χ2v) is 4.95. The molecule has 2 rings (SSSR count). The Labute approximate surface area is 99.2 Å². The summed E-state index contributed by atoms with van der Waals surface area (Å²) in [6.45, 7) is 1.64. The highest BCUT2D eigenvalue weighted by Gasteiger charge is 2.18. The van der Waals surface area contributed by atoms with Gasteiger partial charge in [0, 0.05) is 25.0 Å². The van der Waals surface area contributed by atoms with Crippen LogP contribution in [0.1, 0.15) is 16.8 Å². The van der Waals surface area contributed by atoms with E-state index in [0.717, 1.165) is 31.0 Å². The van der Waals surface area contributed by atoms with Gasteiger partial charge in [-0.3, -0.25) is 9.78 Å². The molecule has 1 aliphatic rings. The van der Waals surface area contributed by atoms with Gasteiger partial charge >= 0.3 is 0 Å². The van der Waals surface area contributed by atoms with Crippen LogP contribution in [0.25, 0.3) is 0 Å². The van der Waals surface area contributed by atoms with Crippen LogP contribution < -0.4 is 5.73 Å². The van der Waals surface area contributed by atoms with Gasteiger partial charge in [-0.2, -0.15) is 11.8 Å². The van der Waals surface area contributed by atoms with Gasteiger partial charge in [0.25, 0.3) is 5.91 Å². The zero-order valence-electron chi connectivity index (χ0n) is 9.06. The number of pyridine rings is 1. The lowest BCUT2D eigenvalue weighted by atomic mass is 10.2. The fourth-order valence-corrected chi connectivity index (χ4v) is 2.61. The van der Waals surface area contributed by atoms with Gasteiger partial charge in [0.1, 0.15) is 0 Å². The highest BCUT2D eigenvalue weighted by atomic mass is 32.2. The Morgan fingerprint density at radius 3 is 3.12 bits per heavy atom. The summed E-state index contributed by atoms with van der Waals surface area (Å²) < 4.78 is 0. The first-order chi connectivity index (χ1) is 7.79. The zero-order chi connectivity index (χ0) is 11.4. The summed E-state index contributed by atoms with van der Waals surface area (Å²) in [4.78, 5) is 18.0. The average molecular weight is 237 g/mol. The molecule has 0 radical (unpaired) electrons. The number of nitrogens with two attached hydrogens (primary N) is 1. The number of thioether (sulfide) groups is 1. The van der Waals surface area contributed by atoms with Crippen molar-refractivity contribution in [1.82, 2.24) is 9.88 Å². The third-order valence-electron chi connectivity index (χ3n) is 2.59. The molecule has 0 saturated carbocycles. The van der Waals surface area contributed by atoms with E-state index in [9.17, 15) is 4.79 Å². The number of anilines is 1. The van der Waals surface area contributed by atoms with E-state index in [1.165, 1.54) is 6.20 Å². The molecule has 0 aliphatic carbocycles. The summed E-state index contributed by atoms with van der Waals surface area (Å²) in [6, 6.07) is 1.69. The standard InChI is InChI=1S/C11H15N3OS/c12-10-8-13-3-2-9(10)11(15)14-4-1-6-16-7-5-14/h2-3,8H,1,4-7,12H2. The third kappa shape index (κ3) is 2.47. The molecule has 1 saturated heterocycles. The number of hydrogen-bond donors (Lipinski definition) is 1. The van der Waals surface area contributed by atoms with Crippen molar-refractivity contribution in [3.05, 3.63) is 24.0 Å². The minimum absolute atomic E-state index is 0.0300. The predicted molar refractivity (Wildman–Crippen MR) is 66.5 cm³/mol. The van der Waals surface area contributed by atoms with Crippen molar-refractivity contribution < 1.29 is 4.79 Å². The normalized spacial score (nSPS) is 16.9. The van der Waals surface area contributed by atoms with Gasteiger partial charge in [0.15, 0.2) is 0 Å². The smallest absolute Gasteiger partial charge is 0.256 e. The SMILES string of the molecule is Nc1cnccc1C(=O)N1CCCSCC1. The van der Waals surface area contributed by atoms with E-state index in [-0.39, 0.29) is 5.91 Å². The van der Waals surface area contributed by atoms with Gasteiger partial charge in [0.05, 0.1) is 17.4 Å². The van der Waals surface area contributed by atoms with Crippen LogP contribution in [0.4, 0.5) is 5.69 Å². The summed E-state index contributed by atoms with van der Waals surface area (Å²) in [5.41, 5.74) is 6.79. The first kappa shape index (κ1) is 11.3. The molecule has 1 fully saturated rings. The number of nitrogens with zero attached hydrogens (tertiary/aromatic N) is 2. The predicted octanol–water partition coefficient (Wildman–Crippen LogP) is 1.24. The van der Waals surface area contributed by atoms with Crippen LogP contribution >= 0.6 is 11.8 Å². The molecular weight excluding hydrogens is 222 g/mol. The molecule has 5 heteroatoms. The fourth-order valence-electron chi connectivity index (χ4n) is 1.72. The second-order valence-electron chi connectivity index (χ2n) is 3.72. The Bertz CT molecular complexity index is 375. The number of carbonyl (C=O) groups is 1. The van der Waals surface area contributed by atoms with Crippen LogP contribution in [-0.4, -0.2) is 40.4 Å². The molecule has 0 atom stereocenters. The number of carbonyl (C=O) groups excluding carboxylic acids is 1. The molecule has 1 aliphatic heterocycles. The van der Waals surface area contributed by atoms with E-state index in [2.05, 4.69) is 4.98 Å². The van der Waals surface area contributed by atoms with E-state index >= 15 is 0 Å². The van der Waals surface area contributed by atoms with E-state index in [4.69, 9.17) is 5.73 Å². The van der Waals surface area contributed by atoms with Crippen LogP contribution in [0, 0.1) is 0 Å². The monoisotopic (exact) mass is 237 g/mol. The highest BCUT2D eigenvalue weighted by molar-refractivity contribution is 7.99. The quantitative estimate of drug-likeness (QED) is 0.798. The van der Waals surface area contributed by atoms with Crippen LogP contribution in [0.15, 0.2) is 18.5 Å². The van der Waals surface area contributed by atoms with Gasteiger partial charge in [0.2, 0.25) is 0 Å². The maximum Gasteiger partial charge on any atom is 0.256 e. The van der Waals surface area contributed by atoms with Gasteiger partial charge in [-0.05, 0) is 18.2 Å². The molecule has 1 aromatic rings. The molecule has 0 spiro atoms. The van der Waals surface area contributed by atoms with Crippen LogP contribution in [0.3, 0.4) is 0 Å². The Morgan fingerprint density at radius 2 is 2.31 bits per heavy atom. The summed E-state index contributed by atoms with van der Waals surface area (Å²) in [5.74, 6) is 2.18. The van der Waals surface area contributed by atoms with Crippen LogP contribution in [-0.2, 0) is 0 Å². The summed E-state index contributed by atoms with van der Waals surface area (Å²) >= 11 is 1.90. The molecular formula is C11H15N3OS. The molecule has 2 heterocycles. The maximum atomic E-state index is 12.2. The van der Waals surface area contributed by atoms with E-state index in [0.29, 0.717) is 11.3 Å². The van der Waals surface area contributed by atoms with E-state index < -0.39 is 0 Å². The van der Waals surface area contributed by atoms with Crippen molar-refractivity contribution >= 4 is 23.4 Å². The van der Waals surface area contributed by atoms with Crippen molar-refractivity contribution in [3.8, 4) is 0 Å². The molecule has 1 amide bonds. The maximum absolute atomic E-state index is 12.2. The topological polar surface area (TPSA) is 59.2 Å². The number of aromatic nitrogens is 1. The first-order valence-corrected chi connectivity index (χ1v) is 6.51. The van der Waals surface area contributed by atoms with Gasteiger partial charge < -0.3 is 10.6 Å². The molecule has 0 unspecified atom stereocenters. The zero-order valence-corrected chi connectivity index (χ0v) is 9.87. The number of amides is 1. The Hall–Kier alpha value is -1.23. The minimum Gasteiger partial charge on any atom is -0.397 e. The second kappa shape index (κ2) is 5.21. The molecule has 4 nitrogen and oxygen atoms in total. The fraction of sp³-hybridized carbons (Fsp3) is 0.455. The minimum atomic E-state index is 0.0300. The lowest BCUT2D eigenvalue weighted by Crippen LogP contribution is -2.33. The van der Waals surface area contributed by atoms with Gasteiger partial charge in [-0.1, -0.05) is 0 Å². The third-order valence-corrected chi connectivity index (χ3v) is 3.64. The number of hydrogen-bond acceptors (Lipinski definition) is 4. The summed E-state index contributed by atoms with van der Waals surface area (Å²) in [6.07, 6.45) is 4.19. The van der Waals surface area contributed by atoms with Crippen molar-refractivity contribution in [2.45, 2.75) is 6.42 Å². The van der Waals surface area contributed by atoms with Crippen molar-refractivity contribution in [3.63, 3.8) is 0 Å². The van der Waals surface area contributed by atoms with E-state index in [1.54, 1.807) is 12.3 Å². The highest BCUT2D eigenvalue weighted by Crippen LogP contribution is 2.16. The molecule has 86 valence electrons. The average Bonchev–Trinajstić information content (AvgIpc) is 2.57.